The van der Waals surface area contributed by atoms with Crippen molar-refractivity contribution < 1.29 is 4.79 Å². The Hall–Kier alpha value is -2.54. The van der Waals surface area contributed by atoms with E-state index in [2.05, 4.69) is 9.97 Å². The molecular weight excluding hydrogens is 332 g/mol. The molecule has 0 unspecified atom stereocenters. The summed E-state index contributed by atoms with van der Waals surface area (Å²) in [6, 6.07) is 8.58. The first kappa shape index (κ1) is 16.3. The maximum atomic E-state index is 12.4. The predicted molar refractivity (Wildman–Crippen MR) is 91.6 cm³/mol. The number of halogens is 1. The number of anilines is 1. The van der Waals surface area contributed by atoms with E-state index in [1.807, 2.05) is 17.0 Å². The van der Waals surface area contributed by atoms with Crippen LogP contribution in [-0.4, -0.2) is 47.0 Å². The molecule has 1 amide bonds. The summed E-state index contributed by atoms with van der Waals surface area (Å²) >= 11 is 5.84. The number of nitrogens with one attached hydrogen (secondary N) is 2. The summed E-state index contributed by atoms with van der Waals surface area (Å²) in [5.74, 6) is 0.532. The highest BCUT2D eigenvalue weighted by molar-refractivity contribution is 6.30. The van der Waals surface area contributed by atoms with Crippen molar-refractivity contribution in [3.63, 3.8) is 0 Å². The van der Waals surface area contributed by atoms with Gasteiger partial charge in [0.1, 0.15) is 5.82 Å². The smallest absolute Gasteiger partial charge is 0.327 e. The van der Waals surface area contributed by atoms with Gasteiger partial charge in [-0.2, -0.15) is 0 Å². The van der Waals surface area contributed by atoms with Gasteiger partial charge in [0.15, 0.2) is 0 Å². The fourth-order valence-corrected chi connectivity index (χ4v) is 2.84. The van der Waals surface area contributed by atoms with Gasteiger partial charge in [-0.05, 0) is 17.7 Å². The minimum absolute atomic E-state index is 0.0522. The molecule has 0 saturated carbocycles. The molecule has 1 aliphatic rings. The lowest BCUT2D eigenvalue weighted by molar-refractivity contribution is -0.130. The number of nitrogens with zero attached hydrogens (tertiary/aromatic N) is 2. The van der Waals surface area contributed by atoms with E-state index in [4.69, 9.17) is 11.6 Å². The number of aromatic amines is 2. The molecule has 2 aromatic rings. The molecule has 3 rings (SSSR count). The average molecular weight is 349 g/mol. The van der Waals surface area contributed by atoms with Crippen LogP contribution in [0.4, 0.5) is 5.82 Å². The largest absolute Gasteiger partial charge is 0.354 e. The van der Waals surface area contributed by atoms with Crippen molar-refractivity contribution >= 4 is 23.3 Å². The second kappa shape index (κ2) is 6.92. The van der Waals surface area contributed by atoms with Gasteiger partial charge in [-0.1, -0.05) is 23.7 Å². The molecular formula is C16H17ClN4O3. The number of carbonyl (C=O) groups is 1. The van der Waals surface area contributed by atoms with Crippen molar-refractivity contribution in [1.29, 1.82) is 0 Å². The summed E-state index contributed by atoms with van der Waals surface area (Å²) in [6.45, 7) is 2.21. The van der Waals surface area contributed by atoms with Gasteiger partial charge in [0.25, 0.3) is 5.56 Å². The van der Waals surface area contributed by atoms with E-state index in [0.717, 1.165) is 5.56 Å². The number of hydrogen-bond acceptors (Lipinski definition) is 4. The highest BCUT2D eigenvalue weighted by Gasteiger charge is 2.22. The first-order valence-electron chi connectivity index (χ1n) is 7.62. The lowest BCUT2D eigenvalue weighted by atomic mass is 10.1. The van der Waals surface area contributed by atoms with Gasteiger partial charge in [0, 0.05) is 37.3 Å². The molecule has 1 fully saturated rings. The van der Waals surface area contributed by atoms with E-state index in [1.54, 1.807) is 17.0 Å². The zero-order valence-corrected chi connectivity index (χ0v) is 13.7. The van der Waals surface area contributed by atoms with E-state index in [9.17, 15) is 14.4 Å². The van der Waals surface area contributed by atoms with E-state index in [0.29, 0.717) is 43.4 Å². The first-order valence-corrected chi connectivity index (χ1v) is 8.00. The molecule has 0 radical (unpaired) electrons. The minimum Gasteiger partial charge on any atom is -0.354 e. The molecule has 1 saturated heterocycles. The Morgan fingerprint density at radius 1 is 1.04 bits per heavy atom. The van der Waals surface area contributed by atoms with Crippen molar-refractivity contribution in [1.82, 2.24) is 14.9 Å². The summed E-state index contributed by atoms with van der Waals surface area (Å²) in [5.41, 5.74) is -0.0421. The van der Waals surface area contributed by atoms with Gasteiger partial charge >= 0.3 is 5.69 Å². The molecule has 126 valence electrons. The summed E-state index contributed by atoms with van der Waals surface area (Å²) < 4.78 is 0. The van der Waals surface area contributed by atoms with Crippen molar-refractivity contribution in [2.75, 3.05) is 31.1 Å². The third-order valence-corrected chi connectivity index (χ3v) is 4.24. The summed E-state index contributed by atoms with van der Waals surface area (Å²) in [5, 5.41) is 0.645. The number of benzene rings is 1. The third-order valence-electron chi connectivity index (χ3n) is 3.99. The van der Waals surface area contributed by atoms with Crippen molar-refractivity contribution in [2.45, 2.75) is 6.42 Å². The Kier molecular flexibility index (Phi) is 4.71. The zero-order valence-electron chi connectivity index (χ0n) is 12.9. The second-order valence-corrected chi connectivity index (χ2v) is 6.08. The molecule has 1 aliphatic heterocycles. The van der Waals surface area contributed by atoms with Gasteiger partial charge in [0.2, 0.25) is 5.91 Å². The van der Waals surface area contributed by atoms with Crippen LogP contribution in [0.25, 0.3) is 0 Å². The average Bonchev–Trinajstić information content (AvgIpc) is 2.56. The molecule has 24 heavy (non-hydrogen) atoms. The summed E-state index contributed by atoms with van der Waals surface area (Å²) in [6.07, 6.45) is 0.332. The van der Waals surface area contributed by atoms with Crippen LogP contribution in [0, 0.1) is 0 Å². The monoisotopic (exact) mass is 348 g/mol. The molecule has 2 N–H and O–H groups in total. The first-order chi connectivity index (χ1) is 11.5. The minimum atomic E-state index is -0.529. The summed E-state index contributed by atoms with van der Waals surface area (Å²) in [4.78, 5) is 43.5. The molecule has 2 heterocycles. The zero-order chi connectivity index (χ0) is 17.1. The number of amides is 1. The van der Waals surface area contributed by atoms with Crippen molar-refractivity contribution in [3.05, 3.63) is 61.8 Å². The standard InChI is InChI=1S/C16H17ClN4O3/c17-12-3-1-11(2-4-12)9-15(23)21-7-5-20(6-8-21)13-10-14(22)19-16(24)18-13/h1-4,10H,5-9H2,(H2,18,19,22,24). The van der Waals surface area contributed by atoms with Crippen LogP contribution in [-0.2, 0) is 11.2 Å². The molecule has 0 bridgehead atoms. The molecule has 0 atom stereocenters. The Balaban J connectivity index is 1.60. The van der Waals surface area contributed by atoms with Gasteiger partial charge in [0.05, 0.1) is 6.42 Å². The molecule has 1 aromatic carbocycles. The predicted octanol–water partition coefficient (Wildman–Crippen LogP) is 0.608. The highest BCUT2D eigenvalue weighted by atomic mass is 35.5. The van der Waals surface area contributed by atoms with Crippen LogP contribution < -0.4 is 16.1 Å². The Bertz CT molecular complexity index is 807. The van der Waals surface area contributed by atoms with E-state index in [1.165, 1.54) is 6.07 Å². The highest BCUT2D eigenvalue weighted by Crippen LogP contribution is 2.13. The molecule has 7 nitrogen and oxygen atoms in total. The van der Waals surface area contributed by atoms with Gasteiger partial charge in [-0.3, -0.25) is 19.6 Å². The number of piperazine rings is 1. The maximum absolute atomic E-state index is 12.4. The van der Waals surface area contributed by atoms with E-state index in [-0.39, 0.29) is 5.91 Å². The van der Waals surface area contributed by atoms with Crippen molar-refractivity contribution in [2.24, 2.45) is 0 Å². The lowest BCUT2D eigenvalue weighted by Gasteiger charge is -2.35. The number of rotatable bonds is 3. The lowest BCUT2D eigenvalue weighted by Crippen LogP contribution is -2.50. The number of H-pyrrole nitrogens is 2. The summed E-state index contributed by atoms with van der Waals surface area (Å²) in [7, 11) is 0. The van der Waals surface area contributed by atoms with Crippen LogP contribution >= 0.6 is 11.6 Å². The molecule has 1 aromatic heterocycles. The normalized spacial score (nSPS) is 14.7. The maximum Gasteiger partial charge on any atom is 0.327 e. The van der Waals surface area contributed by atoms with E-state index < -0.39 is 11.2 Å². The van der Waals surface area contributed by atoms with Crippen LogP contribution in [0.15, 0.2) is 39.9 Å². The Morgan fingerprint density at radius 3 is 2.33 bits per heavy atom. The van der Waals surface area contributed by atoms with Gasteiger partial charge < -0.3 is 9.80 Å². The number of carbonyl (C=O) groups excluding carboxylic acids is 1. The Morgan fingerprint density at radius 2 is 1.71 bits per heavy atom. The van der Waals surface area contributed by atoms with Crippen LogP contribution in [0.5, 0.6) is 0 Å². The number of aromatic nitrogens is 2. The fourth-order valence-electron chi connectivity index (χ4n) is 2.71. The van der Waals surface area contributed by atoms with Gasteiger partial charge in [-0.15, -0.1) is 0 Å². The van der Waals surface area contributed by atoms with E-state index >= 15 is 0 Å². The van der Waals surface area contributed by atoms with Crippen LogP contribution in [0.2, 0.25) is 5.02 Å². The third kappa shape index (κ3) is 3.86. The molecule has 0 spiro atoms. The SMILES string of the molecule is O=C(Cc1ccc(Cl)cc1)N1CCN(c2cc(=O)[nH]c(=O)[nH]2)CC1. The second-order valence-electron chi connectivity index (χ2n) is 5.64. The fraction of sp³-hybridized carbons (Fsp3) is 0.312. The quantitative estimate of drug-likeness (QED) is 0.850. The van der Waals surface area contributed by atoms with Gasteiger partial charge in [-0.25, -0.2) is 4.79 Å². The molecule has 8 heteroatoms. The molecule has 0 aliphatic carbocycles. The van der Waals surface area contributed by atoms with Crippen molar-refractivity contribution in [3.8, 4) is 0 Å². The van der Waals surface area contributed by atoms with Crippen LogP contribution in [0.1, 0.15) is 5.56 Å². The van der Waals surface area contributed by atoms with Crippen LogP contribution in [0.3, 0.4) is 0 Å². The topological polar surface area (TPSA) is 89.3 Å². The Labute approximate surface area is 142 Å². The number of hydrogen-bond donors (Lipinski definition) is 2.